The van der Waals surface area contributed by atoms with Gasteiger partial charge in [0.1, 0.15) is 11.7 Å². The molecule has 1 saturated heterocycles. The molecule has 3 heterocycles. The normalized spacial score (nSPS) is 22.3. The molecule has 2 aliphatic heterocycles. The number of hydrogen-bond acceptors (Lipinski definition) is 8. The van der Waals surface area contributed by atoms with Crippen molar-refractivity contribution in [1.29, 1.82) is 5.41 Å². The third-order valence-electron chi connectivity index (χ3n) is 5.47. The van der Waals surface area contributed by atoms with Gasteiger partial charge >= 0.3 is 0 Å². The zero-order valence-electron chi connectivity index (χ0n) is 16.2. The quantitative estimate of drug-likeness (QED) is 0.457. The highest BCUT2D eigenvalue weighted by atomic mass is 35.5. The molecular formula is C19H22Cl2FN7O. The second-order valence-corrected chi connectivity index (χ2v) is 8.22. The van der Waals surface area contributed by atoms with Crippen molar-refractivity contribution in [2.75, 3.05) is 26.2 Å². The molecule has 0 spiro atoms. The number of nitrogens with zero attached hydrogens (tertiary/aromatic N) is 4. The van der Waals surface area contributed by atoms with E-state index in [0.29, 0.717) is 35.4 Å². The first-order chi connectivity index (χ1) is 14.4. The summed E-state index contributed by atoms with van der Waals surface area (Å²) in [5.74, 6) is 0.763. The standard InChI is InChI=1S/C19H22Cl2FN7O/c20-12-1-2-13(22)16(21)11(12)9-29-6-5-26-17(24)15(29)7-14(23)19-28-27-18(30-19)10-3-4-25-8-10/h1-2,10,15,23,25H,3-9H2,(H2,24,26). The monoisotopic (exact) mass is 453 g/mol. The van der Waals surface area contributed by atoms with Crippen LogP contribution in [0.5, 0.6) is 0 Å². The topological polar surface area (TPSA) is 116 Å². The van der Waals surface area contributed by atoms with Crippen LogP contribution in [-0.4, -0.2) is 58.9 Å². The van der Waals surface area contributed by atoms with Crippen LogP contribution in [0.25, 0.3) is 0 Å². The van der Waals surface area contributed by atoms with E-state index in [2.05, 4.69) is 20.5 Å². The first kappa shape index (κ1) is 21.2. The molecule has 11 heteroatoms. The maximum atomic E-state index is 13.9. The number of amidine groups is 1. The van der Waals surface area contributed by atoms with Crippen molar-refractivity contribution in [3.63, 3.8) is 0 Å². The molecule has 2 atom stereocenters. The lowest BCUT2D eigenvalue weighted by atomic mass is 10.0. The van der Waals surface area contributed by atoms with Crippen molar-refractivity contribution < 1.29 is 8.81 Å². The fourth-order valence-corrected chi connectivity index (χ4v) is 4.25. The fraction of sp³-hybridized carbons (Fsp3) is 0.474. The lowest BCUT2D eigenvalue weighted by molar-refractivity contribution is 0.231. The average molecular weight is 454 g/mol. The molecule has 1 fully saturated rings. The second kappa shape index (κ2) is 8.97. The molecule has 1 aromatic heterocycles. The van der Waals surface area contributed by atoms with Gasteiger partial charge in [0.2, 0.25) is 5.89 Å². The zero-order chi connectivity index (χ0) is 21.3. The molecule has 0 saturated carbocycles. The van der Waals surface area contributed by atoms with Gasteiger partial charge < -0.3 is 15.5 Å². The molecule has 8 nitrogen and oxygen atoms in total. The summed E-state index contributed by atoms with van der Waals surface area (Å²) < 4.78 is 19.7. The molecule has 4 N–H and O–H groups in total. The third-order valence-corrected chi connectivity index (χ3v) is 6.23. The molecule has 0 radical (unpaired) electrons. The van der Waals surface area contributed by atoms with E-state index >= 15 is 0 Å². The van der Waals surface area contributed by atoms with E-state index in [1.165, 1.54) is 12.1 Å². The second-order valence-electron chi connectivity index (χ2n) is 7.43. The minimum atomic E-state index is -0.529. The zero-order valence-corrected chi connectivity index (χ0v) is 17.7. The van der Waals surface area contributed by atoms with Crippen molar-refractivity contribution in [2.45, 2.75) is 31.3 Å². The summed E-state index contributed by atoms with van der Waals surface area (Å²) in [5, 5.41) is 20.2. The van der Waals surface area contributed by atoms with Gasteiger partial charge in [0.05, 0.1) is 29.2 Å². The van der Waals surface area contributed by atoms with Crippen molar-refractivity contribution in [2.24, 2.45) is 10.7 Å². The SMILES string of the molecule is N=C(CC1C(N)=NCCN1Cc1c(Cl)ccc(F)c1Cl)c1nnc(C2CCNC2)o1. The number of aromatic nitrogens is 2. The van der Waals surface area contributed by atoms with Gasteiger partial charge in [-0.1, -0.05) is 23.2 Å². The Morgan fingerprint density at radius 2 is 2.20 bits per heavy atom. The number of aliphatic imine (C=N–C) groups is 1. The Balaban J connectivity index is 1.51. The van der Waals surface area contributed by atoms with Gasteiger partial charge in [-0.25, -0.2) is 4.39 Å². The highest BCUT2D eigenvalue weighted by Gasteiger charge is 2.30. The Labute approximate surface area is 183 Å². The molecule has 0 aliphatic carbocycles. The molecule has 30 heavy (non-hydrogen) atoms. The maximum Gasteiger partial charge on any atom is 0.261 e. The van der Waals surface area contributed by atoms with Gasteiger partial charge in [-0.05, 0) is 25.1 Å². The molecule has 0 bridgehead atoms. The summed E-state index contributed by atoms with van der Waals surface area (Å²) in [6, 6.07) is 2.33. The van der Waals surface area contributed by atoms with Gasteiger partial charge in [-0.3, -0.25) is 15.3 Å². The van der Waals surface area contributed by atoms with Gasteiger partial charge in [0.25, 0.3) is 5.89 Å². The minimum absolute atomic E-state index is 0.0101. The largest absolute Gasteiger partial charge is 0.419 e. The minimum Gasteiger partial charge on any atom is -0.419 e. The van der Waals surface area contributed by atoms with Crippen LogP contribution in [0.3, 0.4) is 0 Å². The Morgan fingerprint density at radius 3 is 2.97 bits per heavy atom. The Morgan fingerprint density at radius 1 is 1.37 bits per heavy atom. The van der Waals surface area contributed by atoms with Crippen molar-refractivity contribution in [3.8, 4) is 0 Å². The highest BCUT2D eigenvalue weighted by Crippen LogP contribution is 2.30. The van der Waals surface area contributed by atoms with Crippen LogP contribution < -0.4 is 11.1 Å². The smallest absolute Gasteiger partial charge is 0.261 e. The van der Waals surface area contributed by atoms with Crippen LogP contribution >= 0.6 is 23.2 Å². The first-order valence-corrected chi connectivity index (χ1v) is 10.5. The highest BCUT2D eigenvalue weighted by molar-refractivity contribution is 6.36. The molecule has 0 amide bonds. The van der Waals surface area contributed by atoms with Crippen molar-refractivity contribution >= 4 is 34.7 Å². The summed E-state index contributed by atoms with van der Waals surface area (Å²) in [4.78, 5) is 6.31. The maximum absolute atomic E-state index is 13.9. The van der Waals surface area contributed by atoms with E-state index in [1.54, 1.807) is 0 Å². The van der Waals surface area contributed by atoms with Gasteiger partial charge in [-0.2, -0.15) is 0 Å². The summed E-state index contributed by atoms with van der Waals surface area (Å²) in [5.41, 5.74) is 6.81. The van der Waals surface area contributed by atoms with E-state index in [9.17, 15) is 4.39 Å². The predicted molar refractivity (Wildman–Crippen MR) is 113 cm³/mol. The lowest BCUT2D eigenvalue weighted by Gasteiger charge is -2.34. The molecular weight excluding hydrogens is 432 g/mol. The van der Waals surface area contributed by atoms with Crippen LogP contribution in [0.2, 0.25) is 10.0 Å². The van der Waals surface area contributed by atoms with Crippen LogP contribution in [0, 0.1) is 11.2 Å². The number of nitrogens with one attached hydrogen (secondary N) is 2. The van der Waals surface area contributed by atoms with E-state index in [1.807, 2.05) is 4.90 Å². The predicted octanol–water partition coefficient (Wildman–Crippen LogP) is 2.59. The average Bonchev–Trinajstić information content (AvgIpc) is 3.42. The third kappa shape index (κ3) is 4.34. The summed E-state index contributed by atoms with van der Waals surface area (Å²) >= 11 is 12.4. The molecule has 2 aromatic rings. The molecule has 4 rings (SSSR count). The number of halogens is 3. The van der Waals surface area contributed by atoms with Crippen LogP contribution in [-0.2, 0) is 6.54 Å². The van der Waals surface area contributed by atoms with Gasteiger partial charge in [-0.15, -0.1) is 10.2 Å². The Bertz CT molecular complexity index is 974. The molecule has 2 unspecified atom stereocenters. The summed E-state index contributed by atoms with van der Waals surface area (Å²) in [6.45, 7) is 3.06. The fourth-order valence-electron chi connectivity index (χ4n) is 3.76. The number of nitrogens with two attached hydrogens (primary N) is 1. The Kier molecular flexibility index (Phi) is 6.33. The van der Waals surface area contributed by atoms with Crippen molar-refractivity contribution in [1.82, 2.24) is 20.4 Å². The lowest BCUT2D eigenvalue weighted by Crippen LogP contribution is -2.50. The van der Waals surface area contributed by atoms with Crippen molar-refractivity contribution in [3.05, 3.63) is 45.3 Å². The van der Waals surface area contributed by atoms with Crippen LogP contribution in [0.15, 0.2) is 21.5 Å². The van der Waals surface area contributed by atoms with Crippen LogP contribution in [0.1, 0.15) is 36.1 Å². The summed E-state index contributed by atoms with van der Waals surface area (Å²) in [6.07, 6.45) is 1.16. The first-order valence-electron chi connectivity index (χ1n) is 9.72. The summed E-state index contributed by atoms with van der Waals surface area (Å²) in [7, 11) is 0. The van der Waals surface area contributed by atoms with E-state index < -0.39 is 5.82 Å². The number of rotatable bonds is 6. The number of hydrogen-bond donors (Lipinski definition) is 3. The number of benzene rings is 1. The van der Waals surface area contributed by atoms with E-state index in [4.69, 9.17) is 38.8 Å². The van der Waals surface area contributed by atoms with Gasteiger partial charge in [0.15, 0.2) is 0 Å². The van der Waals surface area contributed by atoms with Gasteiger partial charge in [0, 0.05) is 36.6 Å². The van der Waals surface area contributed by atoms with Crippen LogP contribution in [0.4, 0.5) is 4.39 Å². The Hall–Kier alpha value is -2.07. The van der Waals surface area contributed by atoms with E-state index in [0.717, 1.165) is 19.5 Å². The molecule has 1 aromatic carbocycles. The van der Waals surface area contributed by atoms with E-state index in [-0.39, 0.29) is 41.6 Å². The molecule has 2 aliphatic rings. The molecule has 160 valence electrons.